The molecule has 0 bridgehead atoms. The molecule has 0 amide bonds. The first-order chi connectivity index (χ1) is 11.5. The third kappa shape index (κ3) is 2.93. The molecule has 24 heavy (non-hydrogen) atoms. The number of nitrogens with one attached hydrogen (secondary N) is 1. The van der Waals surface area contributed by atoms with Crippen LogP contribution in [0.3, 0.4) is 0 Å². The Labute approximate surface area is 151 Å². The fraction of sp³-hybridized carbons (Fsp3) is 0.250. The van der Waals surface area contributed by atoms with E-state index in [4.69, 9.17) is 17.0 Å². The predicted octanol–water partition coefficient (Wildman–Crippen LogP) is 4.74. The summed E-state index contributed by atoms with van der Waals surface area (Å²) in [6, 6.07) is 11.6. The molecule has 4 atom stereocenters. The SMILES string of the molecule is N#CC1C(=N)S[C@@H](c2cccs2)[C@@H]([N+](=O)[O-])[C@H]1c1ccccc1Cl. The zero-order valence-corrected chi connectivity index (χ0v) is 14.6. The minimum atomic E-state index is -1.02. The highest BCUT2D eigenvalue weighted by Crippen LogP contribution is 2.51. The molecule has 0 spiro atoms. The number of rotatable bonds is 3. The quantitative estimate of drug-likeness (QED) is 0.618. The Hall–Kier alpha value is -1.88. The highest BCUT2D eigenvalue weighted by atomic mass is 35.5. The fourth-order valence-corrected chi connectivity index (χ4v) is 5.54. The van der Waals surface area contributed by atoms with E-state index >= 15 is 0 Å². The van der Waals surface area contributed by atoms with Gasteiger partial charge in [0.25, 0.3) is 0 Å². The topological polar surface area (TPSA) is 90.8 Å². The van der Waals surface area contributed by atoms with Gasteiger partial charge in [-0.15, -0.1) is 11.3 Å². The molecule has 2 heterocycles. The van der Waals surface area contributed by atoms with Crippen LogP contribution >= 0.6 is 34.7 Å². The van der Waals surface area contributed by atoms with Gasteiger partial charge in [-0.05, 0) is 23.1 Å². The van der Waals surface area contributed by atoms with Crippen LogP contribution in [-0.4, -0.2) is 16.0 Å². The molecule has 1 aliphatic heterocycles. The Balaban J connectivity index is 2.16. The van der Waals surface area contributed by atoms with Gasteiger partial charge in [0.15, 0.2) is 0 Å². The zero-order valence-electron chi connectivity index (χ0n) is 12.3. The van der Waals surface area contributed by atoms with Crippen LogP contribution in [0, 0.1) is 32.8 Å². The van der Waals surface area contributed by atoms with E-state index in [2.05, 4.69) is 6.07 Å². The van der Waals surface area contributed by atoms with Crippen molar-refractivity contribution in [1.82, 2.24) is 0 Å². The number of benzene rings is 1. The van der Waals surface area contributed by atoms with E-state index in [0.717, 1.165) is 16.6 Å². The molecule has 1 aliphatic rings. The van der Waals surface area contributed by atoms with Gasteiger partial charge in [0.2, 0.25) is 6.04 Å². The summed E-state index contributed by atoms with van der Waals surface area (Å²) in [5, 5.41) is 31.6. The molecule has 1 N–H and O–H groups in total. The van der Waals surface area contributed by atoms with Crippen molar-refractivity contribution in [1.29, 1.82) is 10.7 Å². The number of nitro groups is 1. The summed E-state index contributed by atoms with van der Waals surface area (Å²) in [6.07, 6.45) is 0. The molecule has 0 aliphatic carbocycles. The van der Waals surface area contributed by atoms with Crippen LogP contribution in [0.1, 0.15) is 21.6 Å². The molecule has 3 rings (SSSR count). The average molecular weight is 378 g/mol. The Bertz CT molecular complexity index is 819. The number of halogens is 1. The Morgan fingerprint density at radius 1 is 1.29 bits per heavy atom. The van der Waals surface area contributed by atoms with Gasteiger partial charge in [-0.25, -0.2) is 0 Å². The maximum absolute atomic E-state index is 11.9. The van der Waals surface area contributed by atoms with E-state index in [0.29, 0.717) is 10.6 Å². The standard InChI is InChI=1S/C16H12ClN3O2S2/c17-11-5-2-1-4-9(11)13-10(8-18)16(19)24-15(14(13)20(21)22)12-6-3-7-23-12/h1-7,10,13-15,19H/t10?,13-,14-,15-/m0/s1. The Morgan fingerprint density at radius 2 is 2.04 bits per heavy atom. The molecule has 0 radical (unpaired) electrons. The number of thiophene rings is 1. The first-order valence-electron chi connectivity index (χ1n) is 7.10. The van der Waals surface area contributed by atoms with Crippen molar-refractivity contribution in [2.75, 3.05) is 0 Å². The second-order valence-electron chi connectivity index (χ2n) is 5.35. The molecular weight excluding hydrogens is 366 g/mol. The van der Waals surface area contributed by atoms with Gasteiger partial charge in [0.05, 0.1) is 17.0 Å². The monoisotopic (exact) mass is 377 g/mol. The van der Waals surface area contributed by atoms with E-state index in [1.54, 1.807) is 24.3 Å². The third-order valence-corrected chi connectivity index (χ3v) is 6.79. The summed E-state index contributed by atoms with van der Waals surface area (Å²) < 4.78 is 0. The average Bonchev–Trinajstić information content (AvgIpc) is 3.08. The van der Waals surface area contributed by atoms with Crippen molar-refractivity contribution in [2.45, 2.75) is 17.2 Å². The highest BCUT2D eigenvalue weighted by molar-refractivity contribution is 8.14. The number of hydrogen-bond donors (Lipinski definition) is 1. The van der Waals surface area contributed by atoms with E-state index in [9.17, 15) is 15.4 Å². The highest BCUT2D eigenvalue weighted by Gasteiger charge is 2.52. The van der Waals surface area contributed by atoms with Crippen LogP contribution in [0.5, 0.6) is 0 Å². The van der Waals surface area contributed by atoms with Crippen LogP contribution in [0.4, 0.5) is 0 Å². The van der Waals surface area contributed by atoms with E-state index in [-0.39, 0.29) is 9.97 Å². The zero-order chi connectivity index (χ0) is 17.3. The van der Waals surface area contributed by atoms with E-state index in [1.165, 1.54) is 11.3 Å². The molecule has 1 unspecified atom stereocenters. The van der Waals surface area contributed by atoms with E-state index in [1.807, 2.05) is 17.5 Å². The molecule has 122 valence electrons. The summed E-state index contributed by atoms with van der Waals surface area (Å²) in [5.41, 5.74) is 0.555. The van der Waals surface area contributed by atoms with Crippen LogP contribution in [0.15, 0.2) is 41.8 Å². The van der Waals surface area contributed by atoms with Gasteiger partial charge in [-0.1, -0.05) is 47.6 Å². The maximum Gasteiger partial charge on any atom is 0.238 e. The summed E-state index contributed by atoms with van der Waals surface area (Å²) in [5.74, 6) is -1.62. The van der Waals surface area contributed by atoms with Crippen molar-refractivity contribution in [3.05, 3.63) is 67.4 Å². The largest absolute Gasteiger partial charge is 0.297 e. The second kappa shape index (κ2) is 6.93. The number of nitrogens with zero attached hydrogens (tertiary/aromatic N) is 2. The summed E-state index contributed by atoms with van der Waals surface area (Å²) in [7, 11) is 0. The minimum absolute atomic E-state index is 0.152. The molecule has 1 aromatic carbocycles. The van der Waals surface area contributed by atoms with Gasteiger partial charge in [-0.3, -0.25) is 15.5 Å². The summed E-state index contributed by atoms with van der Waals surface area (Å²) in [6.45, 7) is 0. The van der Waals surface area contributed by atoms with Crippen molar-refractivity contribution < 1.29 is 4.92 Å². The molecule has 1 saturated heterocycles. The molecule has 1 aromatic heterocycles. The third-order valence-electron chi connectivity index (χ3n) is 4.04. The summed E-state index contributed by atoms with van der Waals surface area (Å²) in [4.78, 5) is 12.4. The lowest BCUT2D eigenvalue weighted by Gasteiger charge is -2.35. The fourth-order valence-electron chi connectivity index (χ4n) is 3.00. The lowest BCUT2D eigenvalue weighted by Crippen LogP contribution is -2.42. The van der Waals surface area contributed by atoms with Gasteiger partial charge >= 0.3 is 0 Å². The Morgan fingerprint density at radius 3 is 2.62 bits per heavy atom. The lowest BCUT2D eigenvalue weighted by atomic mass is 9.79. The van der Waals surface area contributed by atoms with Crippen LogP contribution in [0.2, 0.25) is 5.02 Å². The Kier molecular flexibility index (Phi) is 4.90. The number of thioether (sulfide) groups is 1. The van der Waals surface area contributed by atoms with E-state index < -0.39 is 23.1 Å². The number of nitriles is 1. The van der Waals surface area contributed by atoms with Crippen molar-refractivity contribution in [3.63, 3.8) is 0 Å². The van der Waals surface area contributed by atoms with Gasteiger partial charge in [0.1, 0.15) is 11.2 Å². The van der Waals surface area contributed by atoms with Crippen LogP contribution in [0.25, 0.3) is 0 Å². The van der Waals surface area contributed by atoms with Gasteiger partial charge in [0, 0.05) is 14.8 Å². The van der Waals surface area contributed by atoms with Crippen molar-refractivity contribution >= 4 is 39.7 Å². The first kappa shape index (κ1) is 17.0. The molecule has 8 heteroatoms. The molecule has 0 saturated carbocycles. The smallest absolute Gasteiger partial charge is 0.238 e. The second-order valence-corrected chi connectivity index (χ2v) is 7.92. The molecular formula is C16H12ClN3O2S2. The van der Waals surface area contributed by atoms with Crippen LogP contribution in [-0.2, 0) is 0 Å². The molecule has 1 fully saturated rings. The molecule has 5 nitrogen and oxygen atoms in total. The number of hydrogen-bond acceptors (Lipinski definition) is 6. The van der Waals surface area contributed by atoms with Crippen LogP contribution < -0.4 is 0 Å². The minimum Gasteiger partial charge on any atom is -0.297 e. The first-order valence-corrected chi connectivity index (χ1v) is 9.24. The van der Waals surface area contributed by atoms with Crippen molar-refractivity contribution in [3.8, 4) is 6.07 Å². The van der Waals surface area contributed by atoms with Crippen molar-refractivity contribution in [2.24, 2.45) is 5.92 Å². The lowest BCUT2D eigenvalue weighted by molar-refractivity contribution is -0.527. The van der Waals surface area contributed by atoms with Gasteiger partial charge < -0.3 is 0 Å². The predicted molar refractivity (Wildman–Crippen MR) is 96.5 cm³/mol. The normalized spacial score (nSPS) is 26.8. The summed E-state index contributed by atoms with van der Waals surface area (Å²) >= 11 is 8.79. The molecule has 2 aromatic rings. The maximum atomic E-state index is 11.9. The van der Waals surface area contributed by atoms with Gasteiger partial charge in [-0.2, -0.15) is 5.26 Å².